The molecule has 3 aromatic rings. The van der Waals surface area contributed by atoms with E-state index in [0.717, 1.165) is 16.0 Å². The number of nitrogens with one attached hydrogen (secondary N) is 1. The summed E-state index contributed by atoms with van der Waals surface area (Å²) in [6.45, 7) is 3.89. The monoisotopic (exact) mass is 406 g/mol. The van der Waals surface area contributed by atoms with Crippen LogP contribution in [0.15, 0.2) is 65.6 Å². The summed E-state index contributed by atoms with van der Waals surface area (Å²) < 4.78 is 11.4. The van der Waals surface area contributed by atoms with Gasteiger partial charge in [-0.25, -0.2) is 9.47 Å². The van der Waals surface area contributed by atoms with Crippen LogP contribution in [0.3, 0.4) is 0 Å². The van der Waals surface area contributed by atoms with Gasteiger partial charge in [0.05, 0.1) is 18.8 Å². The molecule has 0 spiro atoms. The van der Waals surface area contributed by atoms with Crippen molar-refractivity contribution in [1.82, 2.24) is 4.68 Å². The normalized spacial score (nSPS) is 11.1. The van der Waals surface area contributed by atoms with Crippen LogP contribution in [0.5, 0.6) is 5.75 Å². The molecule has 154 valence electrons. The van der Waals surface area contributed by atoms with E-state index < -0.39 is 17.4 Å². The Morgan fingerprint density at radius 2 is 1.70 bits per heavy atom. The van der Waals surface area contributed by atoms with Gasteiger partial charge in [-0.2, -0.15) is 0 Å². The maximum Gasteiger partial charge on any atom is 0.340 e. The molecule has 0 radical (unpaired) electrons. The van der Waals surface area contributed by atoms with Gasteiger partial charge in [0.2, 0.25) is 0 Å². The maximum atomic E-state index is 12.7. The zero-order chi connectivity index (χ0) is 21.7. The number of methoxy groups -OCH3 is 1. The summed E-state index contributed by atoms with van der Waals surface area (Å²) in [6, 6.07) is 13.9. The number of esters is 1. The molecule has 7 heteroatoms. The van der Waals surface area contributed by atoms with Crippen LogP contribution in [0.25, 0.3) is 16.8 Å². The van der Waals surface area contributed by atoms with E-state index in [1.807, 2.05) is 38.1 Å². The molecule has 3 rings (SSSR count). The molecular formula is C23H22N2O5. The summed E-state index contributed by atoms with van der Waals surface area (Å²) >= 11 is 0. The lowest BCUT2D eigenvalue weighted by Gasteiger charge is -2.11. The highest BCUT2D eigenvalue weighted by molar-refractivity contribution is 6.04. The molecule has 2 aromatic carbocycles. The quantitative estimate of drug-likeness (QED) is 0.501. The van der Waals surface area contributed by atoms with E-state index in [0.29, 0.717) is 10.8 Å². The zero-order valence-corrected chi connectivity index (χ0v) is 16.9. The minimum absolute atomic E-state index is 0.0762. The summed E-state index contributed by atoms with van der Waals surface area (Å²) in [5.74, 6) is -0.385. The fraction of sp³-hybridized carbons (Fsp3) is 0.174. The van der Waals surface area contributed by atoms with Crippen LogP contribution in [0, 0.1) is 0 Å². The number of aromatic nitrogens is 1. The molecule has 0 bridgehead atoms. The van der Waals surface area contributed by atoms with Gasteiger partial charge in [-0.1, -0.05) is 30.3 Å². The van der Waals surface area contributed by atoms with Gasteiger partial charge in [0.1, 0.15) is 5.75 Å². The van der Waals surface area contributed by atoms with Crippen molar-refractivity contribution in [2.75, 3.05) is 12.5 Å². The molecule has 7 nitrogen and oxygen atoms in total. The molecule has 1 amide bonds. The first-order valence-corrected chi connectivity index (χ1v) is 9.37. The predicted octanol–water partition coefficient (Wildman–Crippen LogP) is 3.36. The molecular weight excluding hydrogens is 384 g/mol. The van der Waals surface area contributed by atoms with Crippen LogP contribution in [-0.2, 0) is 9.53 Å². The van der Waals surface area contributed by atoms with Crippen molar-refractivity contribution in [1.29, 1.82) is 0 Å². The fourth-order valence-corrected chi connectivity index (χ4v) is 2.90. The molecule has 0 fully saturated rings. The van der Waals surface area contributed by atoms with Crippen LogP contribution >= 0.6 is 0 Å². The Balaban J connectivity index is 1.82. The van der Waals surface area contributed by atoms with Crippen molar-refractivity contribution in [3.63, 3.8) is 0 Å². The van der Waals surface area contributed by atoms with E-state index in [4.69, 9.17) is 9.47 Å². The van der Waals surface area contributed by atoms with E-state index in [1.54, 1.807) is 30.3 Å². The Bertz CT molecular complexity index is 1160. The Labute approximate surface area is 173 Å². The van der Waals surface area contributed by atoms with Gasteiger partial charge in [-0.05, 0) is 43.7 Å². The molecule has 0 atom stereocenters. The number of pyridine rings is 1. The number of benzene rings is 2. The molecule has 0 aliphatic rings. The number of carbonyl (C=O) groups excluding carboxylic acids is 2. The second kappa shape index (κ2) is 9.09. The van der Waals surface area contributed by atoms with Gasteiger partial charge in [0, 0.05) is 23.0 Å². The number of carbonyl (C=O) groups is 2. The Hall–Kier alpha value is -3.87. The summed E-state index contributed by atoms with van der Waals surface area (Å²) in [5, 5.41) is 0.754. The Kier molecular flexibility index (Phi) is 6.32. The van der Waals surface area contributed by atoms with E-state index >= 15 is 0 Å². The summed E-state index contributed by atoms with van der Waals surface area (Å²) in [5.41, 5.74) is 3.00. The van der Waals surface area contributed by atoms with Crippen LogP contribution in [0.4, 0.5) is 0 Å². The van der Waals surface area contributed by atoms with Crippen molar-refractivity contribution in [3.05, 3.63) is 82.3 Å². The second-order valence-electron chi connectivity index (χ2n) is 6.80. The molecule has 30 heavy (non-hydrogen) atoms. The highest BCUT2D eigenvalue weighted by Gasteiger charge is 2.15. The number of ether oxygens (including phenoxy) is 2. The van der Waals surface area contributed by atoms with Gasteiger partial charge in [-0.3, -0.25) is 15.0 Å². The van der Waals surface area contributed by atoms with Gasteiger partial charge in [-0.15, -0.1) is 0 Å². The second-order valence-corrected chi connectivity index (χ2v) is 6.80. The lowest BCUT2D eigenvalue weighted by Crippen LogP contribution is -2.33. The maximum absolute atomic E-state index is 12.7. The molecule has 0 unspecified atom stereocenters. The summed E-state index contributed by atoms with van der Waals surface area (Å²) in [7, 11) is 1.26. The van der Waals surface area contributed by atoms with E-state index in [1.165, 1.54) is 19.4 Å². The molecule has 0 saturated carbocycles. The predicted molar refractivity (Wildman–Crippen MR) is 115 cm³/mol. The van der Waals surface area contributed by atoms with Gasteiger partial charge < -0.3 is 9.47 Å². The minimum atomic E-state index is -0.603. The Morgan fingerprint density at radius 1 is 1.03 bits per heavy atom. The number of nitrogens with zero attached hydrogens (tertiary/aromatic N) is 1. The van der Waals surface area contributed by atoms with E-state index in [-0.39, 0.29) is 11.7 Å². The first kappa shape index (κ1) is 20.9. The van der Waals surface area contributed by atoms with Crippen molar-refractivity contribution in [2.45, 2.75) is 20.0 Å². The number of rotatable bonds is 6. The lowest BCUT2D eigenvalue weighted by atomic mass is 10.1. The molecule has 1 aromatic heterocycles. The highest BCUT2D eigenvalue weighted by atomic mass is 16.5. The third kappa shape index (κ3) is 4.75. The first-order valence-electron chi connectivity index (χ1n) is 9.37. The Morgan fingerprint density at radius 3 is 2.33 bits per heavy atom. The van der Waals surface area contributed by atoms with Crippen molar-refractivity contribution < 1.29 is 19.1 Å². The van der Waals surface area contributed by atoms with E-state index in [2.05, 4.69) is 5.43 Å². The largest absolute Gasteiger partial charge is 0.491 e. The molecule has 0 aliphatic carbocycles. The standard InChI is InChI=1S/C23H22N2O5/c1-15(2)30-17-11-8-16(9-12-17)10-13-21(26)24-25-14-20(23(28)29-3)18-6-4-5-7-19(18)22(25)27/h4-15H,1-3H3,(H,24,26)/b13-10+. The van der Waals surface area contributed by atoms with Crippen molar-refractivity contribution in [3.8, 4) is 5.75 Å². The third-order valence-electron chi connectivity index (χ3n) is 4.24. The average Bonchev–Trinajstić information content (AvgIpc) is 2.74. The minimum Gasteiger partial charge on any atom is -0.491 e. The third-order valence-corrected chi connectivity index (χ3v) is 4.24. The average molecular weight is 406 g/mol. The number of hydrogen-bond donors (Lipinski definition) is 1. The summed E-state index contributed by atoms with van der Waals surface area (Å²) in [4.78, 5) is 37.1. The molecule has 0 saturated heterocycles. The molecule has 1 heterocycles. The number of fused-ring (bicyclic) bond motifs is 1. The van der Waals surface area contributed by atoms with Gasteiger partial charge in [0.25, 0.3) is 11.5 Å². The number of hydrogen-bond acceptors (Lipinski definition) is 5. The SMILES string of the molecule is COC(=O)c1cn(NC(=O)/C=C/c2ccc(OC(C)C)cc2)c(=O)c2ccccc12. The lowest BCUT2D eigenvalue weighted by molar-refractivity contribution is -0.112. The van der Waals surface area contributed by atoms with Crippen LogP contribution in [-0.4, -0.2) is 29.8 Å². The van der Waals surface area contributed by atoms with Crippen molar-refractivity contribution in [2.24, 2.45) is 0 Å². The fourth-order valence-electron chi connectivity index (χ4n) is 2.90. The highest BCUT2D eigenvalue weighted by Crippen LogP contribution is 2.16. The smallest absolute Gasteiger partial charge is 0.340 e. The van der Waals surface area contributed by atoms with Crippen molar-refractivity contribution >= 4 is 28.7 Å². The van der Waals surface area contributed by atoms with Crippen LogP contribution in [0.1, 0.15) is 29.8 Å². The van der Waals surface area contributed by atoms with Crippen LogP contribution in [0.2, 0.25) is 0 Å². The summed E-state index contributed by atoms with van der Waals surface area (Å²) in [6.07, 6.45) is 4.26. The van der Waals surface area contributed by atoms with Gasteiger partial charge in [0.15, 0.2) is 0 Å². The van der Waals surface area contributed by atoms with E-state index in [9.17, 15) is 14.4 Å². The topological polar surface area (TPSA) is 86.6 Å². The zero-order valence-electron chi connectivity index (χ0n) is 16.9. The van der Waals surface area contributed by atoms with Gasteiger partial charge >= 0.3 is 5.97 Å². The molecule has 1 N–H and O–H groups in total. The number of amides is 1. The van der Waals surface area contributed by atoms with Crippen LogP contribution < -0.4 is 15.7 Å². The molecule has 0 aliphatic heterocycles. The first-order chi connectivity index (χ1) is 14.4.